The van der Waals surface area contributed by atoms with Crippen LogP contribution in [-0.2, 0) is 5.41 Å². The molecule has 1 spiro atoms. The summed E-state index contributed by atoms with van der Waals surface area (Å²) in [5.74, 6) is 2.54. The van der Waals surface area contributed by atoms with Gasteiger partial charge >= 0.3 is 0 Å². The van der Waals surface area contributed by atoms with E-state index in [1.807, 2.05) is 12.3 Å². The molecule has 2 aliphatic heterocycles. The number of rotatable bonds is 3. The third-order valence-corrected chi connectivity index (χ3v) is 5.83. The van der Waals surface area contributed by atoms with Crippen molar-refractivity contribution >= 4 is 5.69 Å². The van der Waals surface area contributed by atoms with Crippen LogP contribution in [0, 0.1) is 6.92 Å². The second-order valence-electron chi connectivity index (χ2n) is 8.53. The number of hydrogen-bond acceptors (Lipinski definition) is 5. The van der Waals surface area contributed by atoms with Gasteiger partial charge < -0.3 is 14.4 Å². The zero-order chi connectivity index (χ0) is 17.9. The molecule has 0 amide bonds. The second-order valence-corrected chi connectivity index (χ2v) is 8.53. The van der Waals surface area contributed by atoms with Gasteiger partial charge in [0, 0.05) is 29.1 Å². The highest BCUT2D eigenvalue weighted by Crippen LogP contribution is 2.59. The van der Waals surface area contributed by atoms with Crippen LogP contribution >= 0.6 is 0 Å². The van der Waals surface area contributed by atoms with Crippen molar-refractivity contribution in [2.24, 2.45) is 0 Å². The van der Waals surface area contributed by atoms with E-state index in [9.17, 15) is 0 Å². The maximum Gasteiger partial charge on any atom is 0.219 e. The fourth-order valence-electron chi connectivity index (χ4n) is 4.08. The summed E-state index contributed by atoms with van der Waals surface area (Å²) < 4.78 is 12.2. The summed E-state index contributed by atoms with van der Waals surface area (Å²) in [6.45, 7) is 9.13. The van der Waals surface area contributed by atoms with Gasteiger partial charge in [-0.05, 0) is 51.3 Å². The lowest BCUT2D eigenvalue weighted by Crippen LogP contribution is -2.34. The molecule has 136 valence electrons. The minimum atomic E-state index is 0.135. The van der Waals surface area contributed by atoms with Gasteiger partial charge in [-0.1, -0.05) is 6.07 Å². The Labute approximate surface area is 154 Å². The molecule has 3 aliphatic rings. The van der Waals surface area contributed by atoms with E-state index in [-0.39, 0.29) is 11.0 Å². The number of nitrogens with one attached hydrogen (secondary N) is 1. The Morgan fingerprint density at radius 3 is 2.69 bits per heavy atom. The fraction of sp³-hybridized carbons (Fsp3) is 0.476. The van der Waals surface area contributed by atoms with E-state index in [0.717, 1.165) is 37.0 Å². The SMILES string of the molecule is Cc1ccc(Oc2ccc(N3CNC(C)(C)C3)cn2)c2c1OCC21CC1. The Morgan fingerprint density at radius 2 is 2.04 bits per heavy atom. The number of aromatic nitrogens is 1. The molecule has 1 aliphatic carbocycles. The standard InChI is InChI=1S/C21H25N3O2/c1-14-4-6-16(18-19(14)25-12-21(18)8-9-21)26-17-7-5-15(10-22-17)24-11-20(2,3)23-13-24/h4-7,10,23H,8-9,11-13H2,1-3H3. The Balaban J connectivity index is 1.39. The van der Waals surface area contributed by atoms with Gasteiger partial charge in [-0.2, -0.15) is 0 Å². The maximum atomic E-state index is 6.19. The number of fused-ring (bicyclic) bond motifs is 2. The van der Waals surface area contributed by atoms with Gasteiger partial charge in [-0.3, -0.25) is 5.32 Å². The molecule has 0 unspecified atom stereocenters. The minimum Gasteiger partial charge on any atom is -0.492 e. The zero-order valence-corrected chi connectivity index (χ0v) is 15.6. The van der Waals surface area contributed by atoms with Gasteiger partial charge in [0.2, 0.25) is 5.88 Å². The first-order valence-corrected chi connectivity index (χ1v) is 9.37. The number of hydrogen-bond donors (Lipinski definition) is 1. The van der Waals surface area contributed by atoms with Crippen LogP contribution in [0.5, 0.6) is 17.4 Å². The van der Waals surface area contributed by atoms with E-state index in [4.69, 9.17) is 9.47 Å². The lowest BCUT2D eigenvalue weighted by molar-refractivity contribution is 0.322. The second kappa shape index (κ2) is 5.36. The van der Waals surface area contributed by atoms with E-state index in [2.05, 4.69) is 54.2 Å². The van der Waals surface area contributed by atoms with E-state index in [1.165, 1.54) is 24.0 Å². The van der Waals surface area contributed by atoms with Crippen molar-refractivity contribution in [1.82, 2.24) is 10.3 Å². The van der Waals surface area contributed by atoms with Crippen molar-refractivity contribution in [3.05, 3.63) is 41.6 Å². The summed E-state index contributed by atoms with van der Waals surface area (Å²) in [6, 6.07) is 8.18. The molecule has 0 bridgehead atoms. The molecule has 26 heavy (non-hydrogen) atoms. The molecule has 0 radical (unpaired) electrons. The molecule has 2 fully saturated rings. The molecule has 2 aromatic rings. The number of aryl methyl sites for hydroxylation is 1. The molecule has 1 saturated carbocycles. The predicted molar refractivity (Wildman–Crippen MR) is 101 cm³/mol. The fourth-order valence-corrected chi connectivity index (χ4v) is 4.08. The van der Waals surface area contributed by atoms with Gasteiger partial charge in [0.15, 0.2) is 0 Å². The first kappa shape index (κ1) is 15.9. The van der Waals surface area contributed by atoms with Gasteiger partial charge in [0.05, 0.1) is 25.2 Å². The van der Waals surface area contributed by atoms with E-state index in [1.54, 1.807) is 0 Å². The Kier molecular flexibility index (Phi) is 3.29. The maximum absolute atomic E-state index is 6.19. The number of ether oxygens (including phenoxy) is 2. The molecule has 1 N–H and O–H groups in total. The summed E-state index contributed by atoms with van der Waals surface area (Å²) in [6.07, 6.45) is 4.27. The van der Waals surface area contributed by atoms with E-state index in [0.29, 0.717) is 5.88 Å². The van der Waals surface area contributed by atoms with Crippen LogP contribution in [0.15, 0.2) is 30.5 Å². The number of anilines is 1. The van der Waals surface area contributed by atoms with Gasteiger partial charge in [-0.25, -0.2) is 4.98 Å². The van der Waals surface area contributed by atoms with Crippen molar-refractivity contribution < 1.29 is 9.47 Å². The van der Waals surface area contributed by atoms with Crippen molar-refractivity contribution in [3.63, 3.8) is 0 Å². The van der Waals surface area contributed by atoms with Crippen molar-refractivity contribution in [1.29, 1.82) is 0 Å². The Bertz CT molecular complexity index is 856. The van der Waals surface area contributed by atoms with Crippen molar-refractivity contribution in [3.8, 4) is 17.4 Å². The van der Waals surface area contributed by atoms with Gasteiger partial charge in [0.25, 0.3) is 0 Å². The molecule has 5 rings (SSSR count). The highest BCUT2D eigenvalue weighted by Gasteiger charge is 2.53. The molecule has 3 heterocycles. The van der Waals surface area contributed by atoms with Crippen LogP contribution in [-0.4, -0.2) is 30.3 Å². The lowest BCUT2D eigenvalue weighted by Gasteiger charge is -2.20. The zero-order valence-electron chi connectivity index (χ0n) is 15.6. The first-order valence-electron chi connectivity index (χ1n) is 9.37. The molecule has 1 aromatic carbocycles. The summed E-state index contributed by atoms with van der Waals surface area (Å²) in [7, 11) is 0. The first-order chi connectivity index (χ1) is 12.5. The minimum absolute atomic E-state index is 0.135. The molecule has 0 atom stereocenters. The monoisotopic (exact) mass is 351 g/mol. The van der Waals surface area contributed by atoms with Crippen LogP contribution in [0.2, 0.25) is 0 Å². The summed E-state index contributed by atoms with van der Waals surface area (Å²) >= 11 is 0. The van der Waals surface area contributed by atoms with Crippen LogP contribution in [0.1, 0.15) is 37.8 Å². The quantitative estimate of drug-likeness (QED) is 0.912. The molecule has 1 saturated heterocycles. The summed E-state index contributed by atoms with van der Waals surface area (Å²) in [5, 5.41) is 3.50. The lowest BCUT2D eigenvalue weighted by atomic mass is 9.95. The Morgan fingerprint density at radius 1 is 1.19 bits per heavy atom. The number of nitrogens with zero attached hydrogens (tertiary/aromatic N) is 2. The predicted octanol–water partition coefficient (Wildman–Crippen LogP) is 3.75. The molecular weight excluding hydrogens is 326 g/mol. The normalized spacial score (nSPS) is 21.6. The van der Waals surface area contributed by atoms with Crippen LogP contribution in [0.4, 0.5) is 5.69 Å². The van der Waals surface area contributed by atoms with Crippen molar-refractivity contribution in [2.75, 3.05) is 24.7 Å². The van der Waals surface area contributed by atoms with Gasteiger partial charge in [-0.15, -0.1) is 0 Å². The highest BCUT2D eigenvalue weighted by molar-refractivity contribution is 5.59. The Hall–Kier alpha value is -2.27. The molecule has 1 aromatic heterocycles. The molecule has 5 nitrogen and oxygen atoms in total. The molecule has 5 heteroatoms. The van der Waals surface area contributed by atoms with Gasteiger partial charge in [0.1, 0.15) is 11.5 Å². The van der Waals surface area contributed by atoms with Crippen LogP contribution in [0.3, 0.4) is 0 Å². The topological polar surface area (TPSA) is 46.6 Å². The largest absolute Gasteiger partial charge is 0.492 e. The molecular formula is C21H25N3O2. The summed E-state index contributed by atoms with van der Waals surface area (Å²) in [5.41, 5.74) is 3.86. The third kappa shape index (κ3) is 2.53. The van der Waals surface area contributed by atoms with Crippen molar-refractivity contribution in [2.45, 2.75) is 44.6 Å². The third-order valence-electron chi connectivity index (χ3n) is 5.83. The van der Waals surface area contributed by atoms with Crippen LogP contribution < -0.4 is 19.7 Å². The average molecular weight is 351 g/mol. The number of benzene rings is 1. The highest BCUT2D eigenvalue weighted by atomic mass is 16.5. The van der Waals surface area contributed by atoms with E-state index < -0.39 is 0 Å². The number of pyridine rings is 1. The van der Waals surface area contributed by atoms with E-state index >= 15 is 0 Å². The van der Waals surface area contributed by atoms with Crippen LogP contribution in [0.25, 0.3) is 0 Å². The average Bonchev–Trinajstić information content (AvgIpc) is 3.15. The smallest absolute Gasteiger partial charge is 0.219 e. The summed E-state index contributed by atoms with van der Waals surface area (Å²) in [4.78, 5) is 6.85.